The maximum absolute atomic E-state index is 3.57. The molecule has 1 saturated heterocycles. The molecule has 1 aromatic rings. The highest BCUT2D eigenvalue weighted by Crippen LogP contribution is 2.23. The molecule has 1 N–H and O–H groups in total. The molecule has 2 rings (SSSR count). The summed E-state index contributed by atoms with van der Waals surface area (Å²) < 4.78 is 1.18. The van der Waals surface area contributed by atoms with Crippen LogP contribution in [0.5, 0.6) is 0 Å². The van der Waals surface area contributed by atoms with Gasteiger partial charge in [0.1, 0.15) is 0 Å². The van der Waals surface area contributed by atoms with Crippen LogP contribution in [0.4, 0.5) is 5.69 Å². The fourth-order valence-electron chi connectivity index (χ4n) is 2.23. The lowest BCUT2D eigenvalue weighted by atomic mass is 10.1. The van der Waals surface area contributed by atoms with E-state index in [1.165, 1.54) is 22.1 Å². The number of benzene rings is 1. The molecule has 0 saturated carbocycles. The molecule has 0 aromatic heterocycles. The molecule has 16 heavy (non-hydrogen) atoms. The lowest BCUT2D eigenvalue weighted by Crippen LogP contribution is -2.50. The molecule has 0 spiro atoms. The van der Waals surface area contributed by atoms with Gasteiger partial charge >= 0.3 is 0 Å². The molecule has 88 valence electrons. The van der Waals surface area contributed by atoms with Gasteiger partial charge in [-0.15, -0.1) is 0 Å². The summed E-state index contributed by atoms with van der Waals surface area (Å²) in [5, 5.41) is 3.54. The molecule has 1 fully saturated rings. The zero-order valence-electron chi connectivity index (χ0n) is 9.96. The topological polar surface area (TPSA) is 15.3 Å². The van der Waals surface area contributed by atoms with E-state index < -0.39 is 0 Å². The first-order chi connectivity index (χ1) is 7.69. The van der Waals surface area contributed by atoms with Gasteiger partial charge in [0.05, 0.1) is 0 Å². The maximum atomic E-state index is 3.57. The third kappa shape index (κ3) is 2.77. The van der Waals surface area contributed by atoms with Gasteiger partial charge in [-0.25, -0.2) is 0 Å². The molecule has 0 radical (unpaired) electrons. The number of rotatable bonds is 2. The largest absolute Gasteiger partial charge is 0.369 e. The van der Waals surface area contributed by atoms with Crippen LogP contribution in [0.3, 0.4) is 0 Å². The van der Waals surface area contributed by atoms with Crippen molar-refractivity contribution in [1.29, 1.82) is 0 Å². The van der Waals surface area contributed by atoms with Gasteiger partial charge in [-0.2, -0.15) is 0 Å². The summed E-state index contributed by atoms with van der Waals surface area (Å²) in [5.74, 6) is 0. The third-order valence-electron chi connectivity index (χ3n) is 3.14. The Morgan fingerprint density at radius 2 is 2.25 bits per heavy atom. The fraction of sp³-hybridized carbons (Fsp3) is 0.538. The zero-order valence-corrected chi connectivity index (χ0v) is 11.5. The minimum absolute atomic E-state index is 0.632. The Morgan fingerprint density at radius 1 is 1.44 bits per heavy atom. The van der Waals surface area contributed by atoms with E-state index in [9.17, 15) is 0 Å². The number of hydrogen-bond acceptors (Lipinski definition) is 2. The van der Waals surface area contributed by atoms with Crippen molar-refractivity contribution in [3.63, 3.8) is 0 Å². The van der Waals surface area contributed by atoms with Crippen molar-refractivity contribution in [1.82, 2.24) is 5.32 Å². The van der Waals surface area contributed by atoms with Crippen molar-refractivity contribution in [2.45, 2.75) is 26.3 Å². The van der Waals surface area contributed by atoms with Crippen LogP contribution < -0.4 is 10.2 Å². The van der Waals surface area contributed by atoms with Gasteiger partial charge in [0.25, 0.3) is 0 Å². The van der Waals surface area contributed by atoms with Crippen molar-refractivity contribution in [3.8, 4) is 0 Å². The maximum Gasteiger partial charge on any atom is 0.0381 e. The number of aryl methyl sites for hydroxylation is 1. The van der Waals surface area contributed by atoms with E-state index >= 15 is 0 Å². The molecule has 1 unspecified atom stereocenters. The Bertz CT molecular complexity index is 345. The van der Waals surface area contributed by atoms with Gasteiger partial charge in [-0.3, -0.25) is 0 Å². The van der Waals surface area contributed by atoms with Crippen molar-refractivity contribution in [2.75, 3.05) is 24.5 Å². The normalized spacial score (nSPS) is 21.2. The Balaban J connectivity index is 2.16. The highest BCUT2D eigenvalue weighted by Gasteiger charge is 2.18. The van der Waals surface area contributed by atoms with Gasteiger partial charge in [-0.1, -0.05) is 22.9 Å². The summed E-state index contributed by atoms with van der Waals surface area (Å²) in [4.78, 5) is 2.47. The van der Waals surface area contributed by atoms with Crippen LogP contribution >= 0.6 is 15.9 Å². The Hall–Kier alpha value is -0.540. The lowest BCUT2D eigenvalue weighted by Gasteiger charge is -2.35. The van der Waals surface area contributed by atoms with Crippen LogP contribution in [0.1, 0.15) is 18.9 Å². The van der Waals surface area contributed by atoms with Crippen LogP contribution in [-0.4, -0.2) is 25.7 Å². The zero-order chi connectivity index (χ0) is 11.5. The predicted molar refractivity (Wildman–Crippen MR) is 73.2 cm³/mol. The van der Waals surface area contributed by atoms with E-state index in [0.717, 1.165) is 19.6 Å². The van der Waals surface area contributed by atoms with Crippen LogP contribution in [0.25, 0.3) is 0 Å². The van der Waals surface area contributed by atoms with E-state index in [-0.39, 0.29) is 0 Å². The molecule has 1 heterocycles. The second-order valence-electron chi connectivity index (χ2n) is 4.49. The second kappa shape index (κ2) is 5.19. The molecule has 1 aliphatic heterocycles. The van der Waals surface area contributed by atoms with Crippen LogP contribution in [0.2, 0.25) is 0 Å². The molecule has 0 amide bonds. The minimum atomic E-state index is 0.632. The van der Waals surface area contributed by atoms with Gasteiger partial charge in [-0.05, 0) is 37.1 Å². The summed E-state index contributed by atoms with van der Waals surface area (Å²) in [6, 6.07) is 7.27. The van der Waals surface area contributed by atoms with Gasteiger partial charge in [0.2, 0.25) is 0 Å². The van der Waals surface area contributed by atoms with E-state index in [0.29, 0.717) is 6.04 Å². The first-order valence-corrected chi connectivity index (χ1v) is 6.74. The van der Waals surface area contributed by atoms with E-state index in [1.807, 2.05) is 0 Å². The number of hydrogen-bond donors (Lipinski definition) is 1. The summed E-state index contributed by atoms with van der Waals surface area (Å²) in [7, 11) is 0. The quantitative estimate of drug-likeness (QED) is 0.897. The predicted octanol–water partition coefficient (Wildman–Crippen LogP) is 2.95. The SMILES string of the molecule is CCC1CN(c2cc(C)cc(Br)c2)CCN1. The van der Waals surface area contributed by atoms with Crippen molar-refractivity contribution in [2.24, 2.45) is 0 Å². The molecule has 0 aliphatic carbocycles. The Kier molecular flexibility index (Phi) is 3.87. The summed E-state index contributed by atoms with van der Waals surface area (Å²) in [5.41, 5.74) is 2.66. The average molecular weight is 283 g/mol. The van der Waals surface area contributed by atoms with Crippen LogP contribution in [-0.2, 0) is 0 Å². The fourth-order valence-corrected chi connectivity index (χ4v) is 2.83. The van der Waals surface area contributed by atoms with Crippen molar-refractivity contribution < 1.29 is 0 Å². The second-order valence-corrected chi connectivity index (χ2v) is 5.41. The van der Waals surface area contributed by atoms with Crippen LogP contribution in [0, 0.1) is 6.92 Å². The summed E-state index contributed by atoms with van der Waals surface area (Å²) in [6.45, 7) is 7.70. The number of nitrogens with one attached hydrogen (secondary N) is 1. The minimum Gasteiger partial charge on any atom is -0.369 e. The first kappa shape index (κ1) is 11.9. The number of nitrogens with zero attached hydrogens (tertiary/aromatic N) is 1. The monoisotopic (exact) mass is 282 g/mol. The highest BCUT2D eigenvalue weighted by atomic mass is 79.9. The van der Waals surface area contributed by atoms with Gasteiger partial charge in [0, 0.05) is 35.8 Å². The van der Waals surface area contributed by atoms with Crippen molar-refractivity contribution >= 4 is 21.6 Å². The molecule has 1 aromatic carbocycles. The molecular formula is C13H19BrN2. The van der Waals surface area contributed by atoms with E-state index in [1.54, 1.807) is 0 Å². The third-order valence-corrected chi connectivity index (χ3v) is 3.60. The Morgan fingerprint density at radius 3 is 2.94 bits per heavy atom. The molecule has 1 atom stereocenters. The van der Waals surface area contributed by atoms with E-state index in [4.69, 9.17) is 0 Å². The molecule has 1 aliphatic rings. The smallest absolute Gasteiger partial charge is 0.0381 e. The van der Waals surface area contributed by atoms with Gasteiger partial charge < -0.3 is 10.2 Å². The summed E-state index contributed by atoms with van der Waals surface area (Å²) >= 11 is 3.57. The molecule has 2 nitrogen and oxygen atoms in total. The molecule has 0 bridgehead atoms. The first-order valence-electron chi connectivity index (χ1n) is 5.94. The van der Waals surface area contributed by atoms with E-state index in [2.05, 4.69) is 58.2 Å². The standard InChI is InChI=1S/C13H19BrN2/c1-3-12-9-16(5-4-15-12)13-7-10(2)6-11(14)8-13/h6-8,12,15H,3-5,9H2,1-2H3. The highest BCUT2D eigenvalue weighted by molar-refractivity contribution is 9.10. The number of halogens is 1. The summed E-state index contributed by atoms with van der Waals surface area (Å²) in [6.07, 6.45) is 1.20. The average Bonchev–Trinajstić information content (AvgIpc) is 2.28. The molecule has 3 heteroatoms. The number of piperazine rings is 1. The van der Waals surface area contributed by atoms with Crippen molar-refractivity contribution in [3.05, 3.63) is 28.2 Å². The van der Waals surface area contributed by atoms with Gasteiger partial charge in [0.15, 0.2) is 0 Å². The lowest BCUT2D eigenvalue weighted by molar-refractivity contribution is 0.447. The van der Waals surface area contributed by atoms with Crippen LogP contribution in [0.15, 0.2) is 22.7 Å². The molecular weight excluding hydrogens is 264 g/mol. The number of anilines is 1. The Labute approximate surface area is 106 Å².